The third kappa shape index (κ3) is 64.8. The second-order valence-corrected chi connectivity index (χ2v) is 29.5. The quantitative estimate of drug-likeness (QED) is 0.0222. The van der Waals surface area contributed by atoms with Crippen LogP contribution >= 0.6 is 15.6 Å². The molecule has 0 aromatic carbocycles. The van der Waals surface area contributed by atoms with E-state index in [4.69, 9.17) is 37.0 Å². The molecular formula is C71H138O17P2. The summed E-state index contributed by atoms with van der Waals surface area (Å²) < 4.78 is 68.2. The van der Waals surface area contributed by atoms with Crippen LogP contribution in [0.4, 0.5) is 0 Å². The third-order valence-corrected chi connectivity index (χ3v) is 18.4. The molecule has 0 aliphatic carbocycles. The van der Waals surface area contributed by atoms with Crippen molar-refractivity contribution in [2.75, 3.05) is 39.6 Å². The molecule has 0 aromatic heterocycles. The highest BCUT2D eigenvalue weighted by Gasteiger charge is 2.30. The highest BCUT2D eigenvalue weighted by molar-refractivity contribution is 7.47. The van der Waals surface area contributed by atoms with Gasteiger partial charge in [-0.25, -0.2) is 9.13 Å². The second-order valence-electron chi connectivity index (χ2n) is 26.6. The molecule has 3 N–H and O–H groups in total. The van der Waals surface area contributed by atoms with Crippen molar-refractivity contribution in [2.24, 2.45) is 11.8 Å². The van der Waals surface area contributed by atoms with Gasteiger partial charge in [0, 0.05) is 25.7 Å². The first-order valence-corrected chi connectivity index (χ1v) is 40.0. The summed E-state index contributed by atoms with van der Waals surface area (Å²) in [5, 5.41) is 10.6. The summed E-state index contributed by atoms with van der Waals surface area (Å²) in [6.07, 6.45) is 48.7. The van der Waals surface area contributed by atoms with Gasteiger partial charge < -0.3 is 33.8 Å². The Balaban J connectivity index is 5.19. The molecule has 0 heterocycles. The maximum absolute atomic E-state index is 13.0. The van der Waals surface area contributed by atoms with Crippen molar-refractivity contribution in [3.8, 4) is 0 Å². The molecule has 0 aliphatic heterocycles. The monoisotopic (exact) mass is 1320 g/mol. The number of phosphoric ester groups is 2. The van der Waals surface area contributed by atoms with Crippen molar-refractivity contribution in [1.29, 1.82) is 0 Å². The van der Waals surface area contributed by atoms with Crippen LogP contribution in [0.15, 0.2) is 0 Å². The molecule has 0 aromatic rings. The summed E-state index contributed by atoms with van der Waals surface area (Å²) in [5.74, 6) is -0.632. The number of aliphatic hydroxyl groups is 1. The van der Waals surface area contributed by atoms with E-state index in [2.05, 4.69) is 41.5 Å². The molecule has 0 radical (unpaired) electrons. The van der Waals surface area contributed by atoms with Crippen LogP contribution in [-0.4, -0.2) is 96.7 Å². The zero-order valence-electron chi connectivity index (χ0n) is 58.4. The van der Waals surface area contributed by atoms with Gasteiger partial charge in [0.25, 0.3) is 0 Å². The molecule has 19 heteroatoms. The fraction of sp³-hybridized carbons (Fsp3) is 0.944. The average Bonchev–Trinajstić information content (AvgIpc) is 2.84. The number of aliphatic hydroxyl groups excluding tert-OH is 1. The maximum atomic E-state index is 13.0. The van der Waals surface area contributed by atoms with Crippen molar-refractivity contribution in [2.45, 2.75) is 381 Å². The van der Waals surface area contributed by atoms with Gasteiger partial charge in [0.05, 0.1) is 26.4 Å². The molecule has 534 valence electrons. The normalized spacial score (nSPS) is 14.1. The molecule has 2 unspecified atom stereocenters. The minimum Gasteiger partial charge on any atom is -0.462 e. The molecule has 17 nitrogen and oxygen atoms in total. The predicted octanol–water partition coefficient (Wildman–Crippen LogP) is 20.4. The number of hydrogen-bond acceptors (Lipinski definition) is 15. The summed E-state index contributed by atoms with van der Waals surface area (Å²) in [4.78, 5) is 72.4. The van der Waals surface area contributed by atoms with Gasteiger partial charge in [0.2, 0.25) is 0 Å². The molecular weight excluding hydrogens is 1190 g/mol. The number of ether oxygens (including phenoxy) is 4. The Hall–Kier alpha value is -1.94. The first kappa shape index (κ1) is 88.1. The largest absolute Gasteiger partial charge is 0.472 e. The van der Waals surface area contributed by atoms with Crippen LogP contribution in [0.5, 0.6) is 0 Å². The lowest BCUT2D eigenvalue weighted by molar-refractivity contribution is -0.161. The van der Waals surface area contributed by atoms with Gasteiger partial charge in [-0.1, -0.05) is 311 Å². The highest BCUT2D eigenvalue weighted by atomic mass is 31.2. The van der Waals surface area contributed by atoms with Gasteiger partial charge in [-0.05, 0) is 37.5 Å². The van der Waals surface area contributed by atoms with Crippen molar-refractivity contribution < 1.29 is 80.2 Å². The number of carbonyl (C=O) groups excluding carboxylic acids is 4. The van der Waals surface area contributed by atoms with Gasteiger partial charge in [0.1, 0.15) is 19.3 Å². The van der Waals surface area contributed by atoms with Gasteiger partial charge in [-0.3, -0.25) is 37.3 Å². The van der Waals surface area contributed by atoms with E-state index in [0.717, 1.165) is 115 Å². The van der Waals surface area contributed by atoms with Crippen LogP contribution in [0, 0.1) is 11.8 Å². The van der Waals surface area contributed by atoms with Gasteiger partial charge in [0.15, 0.2) is 12.2 Å². The highest BCUT2D eigenvalue weighted by Crippen LogP contribution is 2.45. The molecule has 0 aliphatic rings. The Morgan fingerprint density at radius 3 is 0.756 bits per heavy atom. The van der Waals surface area contributed by atoms with E-state index in [-0.39, 0.29) is 25.7 Å². The van der Waals surface area contributed by atoms with Crippen molar-refractivity contribution in [1.82, 2.24) is 0 Å². The predicted molar refractivity (Wildman–Crippen MR) is 363 cm³/mol. The fourth-order valence-corrected chi connectivity index (χ4v) is 12.3. The molecule has 90 heavy (non-hydrogen) atoms. The topological polar surface area (TPSA) is 237 Å². The summed E-state index contributed by atoms with van der Waals surface area (Å²) in [6, 6.07) is 0. The summed E-state index contributed by atoms with van der Waals surface area (Å²) in [5.41, 5.74) is 0. The number of hydrogen-bond donors (Lipinski definition) is 3. The number of rotatable bonds is 70. The van der Waals surface area contributed by atoms with Crippen LogP contribution < -0.4 is 0 Å². The summed E-state index contributed by atoms with van der Waals surface area (Å²) >= 11 is 0. The van der Waals surface area contributed by atoms with Crippen molar-refractivity contribution >= 4 is 39.5 Å². The minimum absolute atomic E-state index is 0.105. The Kier molecular flexibility index (Phi) is 61.8. The first-order chi connectivity index (χ1) is 43.4. The number of phosphoric acid groups is 2. The Bertz CT molecular complexity index is 1750. The zero-order chi connectivity index (χ0) is 66.5. The average molecular weight is 1330 g/mol. The third-order valence-electron chi connectivity index (χ3n) is 16.5. The molecule has 0 amide bonds. The van der Waals surface area contributed by atoms with Gasteiger partial charge in [-0.15, -0.1) is 0 Å². The zero-order valence-corrected chi connectivity index (χ0v) is 60.2. The van der Waals surface area contributed by atoms with E-state index < -0.39 is 97.5 Å². The van der Waals surface area contributed by atoms with Crippen molar-refractivity contribution in [3.05, 3.63) is 0 Å². The first-order valence-electron chi connectivity index (χ1n) is 37.0. The minimum atomic E-state index is -4.95. The number of unbranched alkanes of at least 4 members (excludes halogenated alkanes) is 40. The molecule has 0 rings (SSSR count). The summed E-state index contributed by atoms with van der Waals surface area (Å²) in [6.45, 7) is 9.49. The lowest BCUT2D eigenvalue weighted by atomic mass is 10.0. The van der Waals surface area contributed by atoms with Crippen LogP contribution in [0.1, 0.15) is 363 Å². The van der Waals surface area contributed by atoms with E-state index in [1.165, 1.54) is 167 Å². The van der Waals surface area contributed by atoms with E-state index in [1.54, 1.807) is 0 Å². The molecule has 0 fully saturated rings. The summed E-state index contributed by atoms with van der Waals surface area (Å²) in [7, 11) is -9.90. The van der Waals surface area contributed by atoms with Gasteiger partial charge >= 0.3 is 39.5 Å². The van der Waals surface area contributed by atoms with Crippen LogP contribution in [0.2, 0.25) is 0 Å². The molecule has 0 bridgehead atoms. The molecule has 0 saturated heterocycles. The number of carbonyl (C=O) groups is 4. The Labute approximate surface area is 549 Å². The fourth-order valence-electron chi connectivity index (χ4n) is 10.8. The molecule has 5 atom stereocenters. The second kappa shape index (κ2) is 63.1. The van der Waals surface area contributed by atoms with E-state index >= 15 is 0 Å². The van der Waals surface area contributed by atoms with Crippen molar-refractivity contribution in [3.63, 3.8) is 0 Å². The van der Waals surface area contributed by atoms with Gasteiger partial charge in [-0.2, -0.15) is 0 Å². The van der Waals surface area contributed by atoms with Crippen LogP contribution in [0.25, 0.3) is 0 Å². The Morgan fingerprint density at radius 1 is 0.300 bits per heavy atom. The van der Waals surface area contributed by atoms with E-state index in [0.29, 0.717) is 25.7 Å². The van der Waals surface area contributed by atoms with Crippen LogP contribution in [0.3, 0.4) is 0 Å². The standard InChI is InChI=1S/C71H138O17P2/c1-7-9-11-13-15-16-17-18-19-20-21-22-23-24-31-37-43-49-55-70(75)88-67(60-82-69(74)54-48-42-36-30-26-25-28-34-39-45-51-63(3)4)62-86-90(79,80)84-58-65(72)57-83-89(77,78)85-61-66(59-81-68(73)53-47-41-33-14-12-10-8-2)87-71(76)56-50-44-38-32-27-29-35-40-46-52-64(5)6/h63-67,72H,7-62H2,1-6H3,(H,77,78)(H,79,80)/t65-,66+,67+/m0/s1. The number of esters is 4. The lowest BCUT2D eigenvalue weighted by Gasteiger charge is -2.21. The van der Waals surface area contributed by atoms with E-state index in [9.17, 15) is 43.2 Å². The van der Waals surface area contributed by atoms with E-state index in [1.807, 2.05) is 0 Å². The smallest absolute Gasteiger partial charge is 0.462 e. The lowest BCUT2D eigenvalue weighted by Crippen LogP contribution is -2.30. The maximum Gasteiger partial charge on any atom is 0.472 e. The van der Waals surface area contributed by atoms with Crippen LogP contribution in [-0.2, 0) is 65.4 Å². The molecule has 0 spiro atoms. The SMILES string of the molecule is CCCCCCCCCCCCCCCCCCCCC(=O)O[C@H](COC(=O)CCCCCCCCCCCCC(C)C)COP(=O)(O)OC[C@@H](O)COP(=O)(O)OC[C@@H](COC(=O)CCCCCCCCC)OC(=O)CCCCCCCCCCCC(C)C. The Morgan fingerprint density at radius 2 is 0.511 bits per heavy atom. The molecule has 0 saturated carbocycles.